The highest BCUT2D eigenvalue weighted by Crippen LogP contribution is 2.28. The maximum absolute atomic E-state index is 5.25. The molecule has 0 spiro atoms. The summed E-state index contributed by atoms with van der Waals surface area (Å²) in [5, 5.41) is 5.48. The molecule has 0 amide bonds. The van der Waals surface area contributed by atoms with Gasteiger partial charge in [0.2, 0.25) is 6.20 Å². The highest BCUT2D eigenvalue weighted by molar-refractivity contribution is 6.11. The minimum atomic E-state index is 0.832. The number of ether oxygens (including phenoxy) is 1. The molecule has 0 unspecified atom stereocenters. The topological polar surface area (TPSA) is 42.0 Å². The van der Waals surface area contributed by atoms with Crippen molar-refractivity contribution >= 4 is 27.3 Å². The second-order valence-electron chi connectivity index (χ2n) is 4.48. The van der Waals surface area contributed by atoms with Crippen LogP contribution in [-0.4, -0.2) is 17.2 Å². The first-order valence-electron chi connectivity index (χ1n) is 6.12. The third kappa shape index (κ3) is 1.40. The number of nitrogens with one attached hydrogen (secondary N) is 1. The number of pyridine rings is 1. The third-order valence-electron chi connectivity index (χ3n) is 3.44. The summed E-state index contributed by atoms with van der Waals surface area (Å²) < 4.78 is 7.22. The zero-order valence-corrected chi connectivity index (χ0v) is 10.4. The summed E-state index contributed by atoms with van der Waals surface area (Å²) in [5.74, 6) is 0.832. The van der Waals surface area contributed by atoms with Crippen molar-refractivity contribution < 1.29 is 9.25 Å². The van der Waals surface area contributed by atoms with Gasteiger partial charge in [-0.3, -0.25) is 0 Å². The highest BCUT2D eigenvalue weighted by Gasteiger charge is 2.14. The molecule has 0 bridgehead atoms. The van der Waals surface area contributed by atoms with E-state index in [-0.39, 0.29) is 0 Å². The van der Waals surface area contributed by atoms with E-state index in [2.05, 4.69) is 23.3 Å². The fourth-order valence-electron chi connectivity index (χ4n) is 2.51. The second-order valence-corrected chi connectivity index (χ2v) is 4.48. The van der Waals surface area contributed by atoms with E-state index in [0.717, 1.165) is 33.1 Å². The molecule has 92 valence electrons. The molecule has 4 aromatic rings. The highest BCUT2D eigenvalue weighted by atomic mass is 16.5. The number of hydrogen-bond donors (Lipinski definition) is 1. The largest absolute Gasteiger partial charge is 0.497 e. The molecule has 0 aliphatic heterocycles. The monoisotopic (exact) mass is 250 g/mol. The van der Waals surface area contributed by atoms with E-state index >= 15 is 0 Å². The minimum absolute atomic E-state index is 0.832. The van der Waals surface area contributed by atoms with Gasteiger partial charge in [-0.15, -0.1) is 0 Å². The summed E-state index contributed by atoms with van der Waals surface area (Å²) >= 11 is 0. The van der Waals surface area contributed by atoms with Crippen LogP contribution in [0.2, 0.25) is 0 Å². The van der Waals surface area contributed by atoms with Crippen molar-refractivity contribution in [2.75, 3.05) is 7.11 Å². The lowest BCUT2D eigenvalue weighted by Crippen LogP contribution is -2.25. The maximum atomic E-state index is 5.25. The Bertz CT molecular complexity index is 911. The normalized spacial score (nSPS) is 11.4. The molecule has 0 radical (unpaired) electrons. The molecule has 0 atom stereocenters. The van der Waals surface area contributed by atoms with Crippen LogP contribution in [0.1, 0.15) is 0 Å². The van der Waals surface area contributed by atoms with Crippen LogP contribution in [0.15, 0.2) is 48.8 Å². The summed E-state index contributed by atoms with van der Waals surface area (Å²) in [6.45, 7) is 0. The van der Waals surface area contributed by atoms with Crippen LogP contribution in [0, 0.1) is 0 Å². The Kier molecular flexibility index (Phi) is 2.00. The third-order valence-corrected chi connectivity index (χ3v) is 3.44. The first kappa shape index (κ1) is 10.3. The molecule has 1 aromatic carbocycles. The molecule has 0 fully saturated rings. The summed E-state index contributed by atoms with van der Waals surface area (Å²) in [7, 11) is 1.67. The molecule has 0 saturated carbocycles. The maximum Gasteiger partial charge on any atom is 0.261 e. The molecule has 0 saturated heterocycles. The van der Waals surface area contributed by atoms with Gasteiger partial charge in [0, 0.05) is 29.0 Å². The predicted molar refractivity (Wildman–Crippen MR) is 73.3 cm³/mol. The van der Waals surface area contributed by atoms with Crippen LogP contribution in [0.4, 0.5) is 0 Å². The number of aromatic amines is 1. The Morgan fingerprint density at radius 3 is 3.00 bits per heavy atom. The van der Waals surface area contributed by atoms with Crippen molar-refractivity contribution in [2.24, 2.45) is 0 Å². The Balaban J connectivity index is 2.20. The van der Waals surface area contributed by atoms with Gasteiger partial charge in [0.1, 0.15) is 11.3 Å². The van der Waals surface area contributed by atoms with Crippen LogP contribution in [0.25, 0.3) is 27.3 Å². The lowest BCUT2D eigenvalue weighted by atomic mass is 10.1. The molecule has 3 aromatic heterocycles. The Hall–Kier alpha value is -2.62. The van der Waals surface area contributed by atoms with Crippen LogP contribution in [0.5, 0.6) is 5.75 Å². The summed E-state index contributed by atoms with van der Waals surface area (Å²) in [4.78, 5) is 4.73. The van der Waals surface area contributed by atoms with E-state index in [0.29, 0.717) is 0 Å². The first-order chi connectivity index (χ1) is 9.36. The van der Waals surface area contributed by atoms with Crippen molar-refractivity contribution in [3.05, 3.63) is 48.8 Å². The molecule has 0 aliphatic rings. The zero-order valence-electron chi connectivity index (χ0n) is 10.4. The first-order valence-corrected chi connectivity index (χ1v) is 6.12. The van der Waals surface area contributed by atoms with Crippen molar-refractivity contribution in [1.82, 2.24) is 10.1 Å². The average Bonchev–Trinajstić information content (AvgIpc) is 2.85. The molecule has 4 heteroatoms. The molecular weight excluding hydrogens is 238 g/mol. The van der Waals surface area contributed by atoms with E-state index in [1.807, 2.05) is 35.1 Å². The van der Waals surface area contributed by atoms with Crippen LogP contribution in [-0.2, 0) is 0 Å². The fourth-order valence-corrected chi connectivity index (χ4v) is 2.51. The van der Waals surface area contributed by atoms with Crippen LogP contribution >= 0.6 is 0 Å². The quantitative estimate of drug-likeness (QED) is 0.527. The van der Waals surface area contributed by atoms with Crippen molar-refractivity contribution in [2.45, 2.75) is 0 Å². The number of aromatic nitrogens is 3. The number of hydrogen-bond acceptors (Lipinski definition) is 2. The van der Waals surface area contributed by atoms with Crippen LogP contribution < -0.4 is 9.25 Å². The Morgan fingerprint density at radius 1 is 1.16 bits per heavy atom. The minimum Gasteiger partial charge on any atom is -0.497 e. The van der Waals surface area contributed by atoms with Gasteiger partial charge in [-0.05, 0) is 18.2 Å². The SMILES string of the molecule is COc1ccc2c(c1)nc1c2cc[n+]2[nH]cccc12. The fraction of sp³-hybridized carbons (Fsp3) is 0.0667. The Labute approximate surface area is 109 Å². The number of methoxy groups -OCH3 is 1. The molecule has 0 aliphatic carbocycles. The number of H-pyrrole nitrogens is 1. The summed E-state index contributed by atoms with van der Waals surface area (Å²) in [6.07, 6.45) is 3.91. The van der Waals surface area contributed by atoms with Crippen molar-refractivity contribution in [3.63, 3.8) is 0 Å². The molecule has 3 heterocycles. The van der Waals surface area contributed by atoms with Gasteiger partial charge in [0.15, 0.2) is 0 Å². The molecule has 4 rings (SSSR count). The van der Waals surface area contributed by atoms with Gasteiger partial charge >= 0.3 is 0 Å². The number of rotatable bonds is 1. The summed E-state index contributed by atoms with van der Waals surface area (Å²) in [6, 6.07) is 12.1. The molecule has 4 nitrogen and oxygen atoms in total. The van der Waals surface area contributed by atoms with Gasteiger partial charge in [0.25, 0.3) is 5.52 Å². The van der Waals surface area contributed by atoms with Gasteiger partial charge in [-0.1, -0.05) is 4.52 Å². The van der Waals surface area contributed by atoms with E-state index in [4.69, 9.17) is 9.72 Å². The van der Waals surface area contributed by atoms with E-state index in [1.165, 1.54) is 0 Å². The smallest absolute Gasteiger partial charge is 0.261 e. The Morgan fingerprint density at radius 2 is 2.11 bits per heavy atom. The van der Waals surface area contributed by atoms with Crippen molar-refractivity contribution in [3.8, 4) is 5.75 Å². The number of fused-ring (bicyclic) bond motifs is 5. The molecule has 1 N–H and O–H groups in total. The van der Waals surface area contributed by atoms with Gasteiger partial charge in [-0.2, -0.15) is 5.10 Å². The van der Waals surface area contributed by atoms with Gasteiger partial charge < -0.3 is 4.74 Å². The standard InChI is InChI=1S/C15H11N3O/c1-19-10-4-5-11-12-6-8-18-14(3-2-7-16-18)15(12)17-13(11)9-10/h2-9H,1H3/p+1. The van der Waals surface area contributed by atoms with Gasteiger partial charge in [-0.25, -0.2) is 4.98 Å². The van der Waals surface area contributed by atoms with E-state index in [9.17, 15) is 0 Å². The predicted octanol–water partition coefficient (Wildman–Crippen LogP) is 2.46. The van der Waals surface area contributed by atoms with Gasteiger partial charge in [0.05, 0.1) is 18.8 Å². The number of nitrogens with zero attached hydrogens (tertiary/aromatic N) is 2. The summed E-state index contributed by atoms with van der Waals surface area (Å²) in [5.41, 5.74) is 3.03. The lowest BCUT2D eigenvalue weighted by Gasteiger charge is -1.97. The van der Waals surface area contributed by atoms with E-state index in [1.54, 1.807) is 7.11 Å². The number of benzene rings is 1. The van der Waals surface area contributed by atoms with Crippen molar-refractivity contribution in [1.29, 1.82) is 0 Å². The zero-order chi connectivity index (χ0) is 12.8. The second kappa shape index (κ2) is 3.68. The van der Waals surface area contributed by atoms with E-state index < -0.39 is 0 Å². The molecular formula is C15H12N3O+. The molecule has 19 heavy (non-hydrogen) atoms. The average molecular weight is 250 g/mol. The lowest BCUT2D eigenvalue weighted by molar-refractivity contribution is -0.579. The van der Waals surface area contributed by atoms with Crippen LogP contribution in [0.3, 0.4) is 0 Å².